The molecule has 152 valence electrons. The molecule has 1 aliphatic heterocycles. The Balaban J connectivity index is 1.78. The summed E-state index contributed by atoms with van der Waals surface area (Å²) < 4.78 is 33.0. The van der Waals surface area contributed by atoms with Crippen molar-refractivity contribution in [1.29, 1.82) is 0 Å². The molecule has 1 aliphatic rings. The molecule has 0 spiro atoms. The van der Waals surface area contributed by atoms with Gasteiger partial charge in [0.1, 0.15) is 16.0 Å². The van der Waals surface area contributed by atoms with Gasteiger partial charge in [-0.2, -0.15) is 4.31 Å². The van der Waals surface area contributed by atoms with E-state index in [9.17, 15) is 13.2 Å². The molecule has 0 saturated carbocycles. The number of methoxy groups -OCH3 is 1. The van der Waals surface area contributed by atoms with Gasteiger partial charge >= 0.3 is 0 Å². The van der Waals surface area contributed by atoms with Crippen LogP contribution in [0.3, 0.4) is 0 Å². The molecule has 6 nitrogen and oxygen atoms in total. The molecule has 0 N–H and O–H groups in total. The third-order valence-corrected chi connectivity index (χ3v) is 8.37. The van der Waals surface area contributed by atoms with Crippen LogP contribution in [0, 0.1) is 6.92 Å². The van der Waals surface area contributed by atoms with E-state index >= 15 is 0 Å². The Bertz CT molecular complexity index is 922. The Labute approximate surface area is 170 Å². The molecular formula is C20H26N2O4S2. The quantitative estimate of drug-likeness (QED) is 0.687. The first-order valence-corrected chi connectivity index (χ1v) is 11.6. The number of nitrogens with zero attached hydrogens (tertiary/aromatic N) is 2. The zero-order chi connectivity index (χ0) is 20.3. The van der Waals surface area contributed by atoms with Crippen molar-refractivity contribution in [2.45, 2.75) is 43.5 Å². The van der Waals surface area contributed by atoms with Crippen LogP contribution in [0.25, 0.3) is 0 Å². The van der Waals surface area contributed by atoms with Crippen LogP contribution < -0.4 is 4.74 Å². The van der Waals surface area contributed by atoms with Crippen LogP contribution in [0.5, 0.6) is 5.75 Å². The number of hydrogen-bond acceptors (Lipinski definition) is 5. The number of sulfonamides is 1. The lowest BCUT2D eigenvalue weighted by Crippen LogP contribution is -2.47. The van der Waals surface area contributed by atoms with Crippen LogP contribution >= 0.6 is 11.3 Å². The maximum absolute atomic E-state index is 13.2. The first-order chi connectivity index (χ1) is 13.4. The molecule has 1 fully saturated rings. The molecule has 0 bridgehead atoms. The molecule has 1 saturated heterocycles. The number of ether oxygens (including phenoxy) is 1. The monoisotopic (exact) mass is 422 g/mol. The molecule has 8 heteroatoms. The summed E-state index contributed by atoms with van der Waals surface area (Å²) in [4.78, 5) is 15.9. The van der Waals surface area contributed by atoms with Gasteiger partial charge in [-0.05, 0) is 56.5 Å². The van der Waals surface area contributed by atoms with Crippen molar-refractivity contribution in [2.75, 3.05) is 20.2 Å². The summed E-state index contributed by atoms with van der Waals surface area (Å²) in [5.41, 5.74) is 0.984. The maximum atomic E-state index is 13.2. The first-order valence-electron chi connectivity index (χ1n) is 9.36. The second kappa shape index (κ2) is 8.63. The highest BCUT2D eigenvalue weighted by atomic mass is 32.2. The van der Waals surface area contributed by atoms with Crippen LogP contribution in [0.2, 0.25) is 0 Å². The van der Waals surface area contributed by atoms with Gasteiger partial charge in [0.15, 0.2) is 0 Å². The third-order valence-electron chi connectivity index (χ3n) is 4.99. The zero-order valence-electron chi connectivity index (χ0n) is 16.4. The molecule has 3 rings (SSSR count). The highest BCUT2D eigenvalue weighted by Gasteiger charge is 2.41. The van der Waals surface area contributed by atoms with Gasteiger partial charge in [0.05, 0.1) is 7.11 Å². The molecule has 1 aromatic heterocycles. The topological polar surface area (TPSA) is 66.9 Å². The highest BCUT2D eigenvalue weighted by molar-refractivity contribution is 7.91. The molecular weight excluding hydrogens is 396 g/mol. The van der Waals surface area contributed by atoms with E-state index < -0.39 is 16.1 Å². The largest absolute Gasteiger partial charge is 0.497 e. The van der Waals surface area contributed by atoms with E-state index in [2.05, 4.69) is 0 Å². The smallest absolute Gasteiger partial charge is 0.253 e. The van der Waals surface area contributed by atoms with E-state index in [-0.39, 0.29) is 5.91 Å². The van der Waals surface area contributed by atoms with E-state index in [1.54, 1.807) is 24.1 Å². The number of thiophene rings is 1. The fraction of sp³-hybridized carbons (Fsp3) is 0.450. The fourth-order valence-electron chi connectivity index (χ4n) is 3.45. The van der Waals surface area contributed by atoms with Gasteiger partial charge in [0.2, 0.25) is 5.91 Å². The Hall–Kier alpha value is -1.90. The standard InChI is InChI=1S/C20H26N2O4S2/c1-4-21(14-16-8-10-17(26-3)11-9-16)20(23)18-6-5-13-22(18)28(24,25)19-12-7-15(2)27-19/h7-12,18H,4-6,13-14H2,1-3H3. The Morgan fingerprint density at radius 1 is 1.25 bits per heavy atom. The normalized spacial score (nSPS) is 17.6. The molecule has 1 aromatic carbocycles. The van der Waals surface area contributed by atoms with E-state index in [0.717, 1.165) is 16.2 Å². The van der Waals surface area contributed by atoms with Gasteiger partial charge in [-0.15, -0.1) is 11.3 Å². The summed E-state index contributed by atoms with van der Waals surface area (Å²) in [5.74, 6) is 0.630. The number of carbonyl (C=O) groups is 1. The Morgan fingerprint density at radius 2 is 1.96 bits per heavy atom. The number of amides is 1. The van der Waals surface area contributed by atoms with E-state index in [0.29, 0.717) is 36.7 Å². The minimum absolute atomic E-state index is 0.132. The summed E-state index contributed by atoms with van der Waals surface area (Å²) >= 11 is 1.25. The lowest BCUT2D eigenvalue weighted by Gasteiger charge is -2.29. The van der Waals surface area contributed by atoms with Gasteiger partial charge in [-0.1, -0.05) is 12.1 Å². The van der Waals surface area contributed by atoms with Gasteiger partial charge in [-0.25, -0.2) is 8.42 Å². The van der Waals surface area contributed by atoms with Crippen molar-refractivity contribution in [2.24, 2.45) is 0 Å². The van der Waals surface area contributed by atoms with Crippen LogP contribution in [0.4, 0.5) is 0 Å². The molecule has 2 heterocycles. The predicted octanol–water partition coefficient (Wildman–Crippen LogP) is 3.27. The fourth-order valence-corrected chi connectivity index (χ4v) is 6.51. The second-order valence-electron chi connectivity index (χ2n) is 6.84. The van der Waals surface area contributed by atoms with Crippen molar-refractivity contribution in [3.8, 4) is 5.75 Å². The zero-order valence-corrected chi connectivity index (χ0v) is 18.1. The molecule has 1 amide bonds. The molecule has 0 aliphatic carbocycles. The SMILES string of the molecule is CCN(Cc1ccc(OC)cc1)C(=O)C1CCCN1S(=O)(=O)c1ccc(C)s1. The first kappa shape index (κ1) is 20.8. The van der Waals surface area contributed by atoms with Gasteiger partial charge in [0, 0.05) is 24.5 Å². The number of benzene rings is 1. The number of likely N-dealkylation sites (N-methyl/N-ethyl adjacent to an activating group) is 1. The van der Waals surface area contributed by atoms with Crippen LogP contribution in [0.1, 0.15) is 30.2 Å². The second-order valence-corrected chi connectivity index (χ2v) is 10.2. The molecule has 28 heavy (non-hydrogen) atoms. The van der Waals surface area contributed by atoms with Crippen molar-refractivity contribution >= 4 is 27.3 Å². The highest BCUT2D eigenvalue weighted by Crippen LogP contribution is 2.31. The van der Waals surface area contributed by atoms with Crippen molar-refractivity contribution < 1.29 is 17.9 Å². The van der Waals surface area contributed by atoms with Crippen LogP contribution in [-0.2, 0) is 21.4 Å². The van der Waals surface area contributed by atoms with Crippen molar-refractivity contribution in [3.63, 3.8) is 0 Å². The van der Waals surface area contributed by atoms with Crippen molar-refractivity contribution in [3.05, 3.63) is 46.8 Å². The average Bonchev–Trinajstić information content (AvgIpc) is 3.36. The maximum Gasteiger partial charge on any atom is 0.253 e. The number of rotatable bonds is 7. The van der Waals surface area contributed by atoms with E-state index in [1.807, 2.05) is 38.1 Å². The lowest BCUT2D eigenvalue weighted by atomic mass is 10.1. The van der Waals surface area contributed by atoms with Gasteiger partial charge < -0.3 is 9.64 Å². The Kier molecular flexibility index (Phi) is 6.42. The summed E-state index contributed by atoms with van der Waals surface area (Å²) in [6.45, 7) is 5.15. The minimum Gasteiger partial charge on any atom is -0.497 e. The van der Waals surface area contributed by atoms with Crippen molar-refractivity contribution in [1.82, 2.24) is 9.21 Å². The number of hydrogen-bond donors (Lipinski definition) is 0. The van der Waals surface area contributed by atoms with Crippen LogP contribution in [-0.4, -0.2) is 49.8 Å². The molecule has 1 atom stereocenters. The lowest BCUT2D eigenvalue weighted by molar-refractivity contribution is -0.135. The number of carbonyl (C=O) groups excluding carboxylic acids is 1. The Morgan fingerprint density at radius 3 is 2.54 bits per heavy atom. The molecule has 1 unspecified atom stereocenters. The van der Waals surface area contributed by atoms with Crippen LogP contribution in [0.15, 0.2) is 40.6 Å². The van der Waals surface area contributed by atoms with E-state index in [1.165, 1.54) is 15.6 Å². The van der Waals surface area contributed by atoms with Gasteiger partial charge in [-0.3, -0.25) is 4.79 Å². The summed E-state index contributed by atoms with van der Waals surface area (Å²) in [5, 5.41) is 0. The average molecular weight is 423 g/mol. The molecule has 2 aromatic rings. The minimum atomic E-state index is -3.65. The third kappa shape index (κ3) is 4.24. The summed E-state index contributed by atoms with van der Waals surface area (Å²) in [6.07, 6.45) is 1.25. The predicted molar refractivity (Wildman–Crippen MR) is 110 cm³/mol. The number of aryl methyl sites for hydroxylation is 1. The summed E-state index contributed by atoms with van der Waals surface area (Å²) in [7, 11) is -2.04. The molecule has 0 radical (unpaired) electrons. The van der Waals surface area contributed by atoms with E-state index in [4.69, 9.17) is 4.74 Å². The van der Waals surface area contributed by atoms with Gasteiger partial charge in [0.25, 0.3) is 10.0 Å². The summed E-state index contributed by atoms with van der Waals surface area (Å²) in [6, 6.07) is 10.4.